The van der Waals surface area contributed by atoms with E-state index >= 15 is 0 Å². The van der Waals surface area contributed by atoms with Crippen molar-refractivity contribution >= 4 is 5.91 Å². The normalized spacial score (nSPS) is 17.5. The molecule has 32 heavy (non-hydrogen) atoms. The summed E-state index contributed by atoms with van der Waals surface area (Å²) in [7, 11) is 1.69. The Bertz CT molecular complexity index is 977. The van der Waals surface area contributed by atoms with Crippen LogP contribution in [0.4, 0.5) is 0 Å². The molecular formula is C27H31N3O2. The lowest BCUT2D eigenvalue weighted by atomic mass is 9.88. The van der Waals surface area contributed by atoms with Gasteiger partial charge in [0.1, 0.15) is 5.75 Å². The van der Waals surface area contributed by atoms with E-state index < -0.39 is 0 Å². The van der Waals surface area contributed by atoms with Crippen LogP contribution in [0.2, 0.25) is 0 Å². The molecule has 2 aromatic carbocycles. The zero-order valence-corrected chi connectivity index (χ0v) is 18.6. The van der Waals surface area contributed by atoms with Gasteiger partial charge in [-0.2, -0.15) is 0 Å². The second-order valence-electron chi connectivity index (χ2n) is 8.45. The van der Waals surface area contributed by atoms with Gasteiger partial charge in [-0.3, -0.25) is 14.7 Å². The van der Waals surface area contributed by atoms with Gasteiger partial charge in [0.25, 0.3) is 0 Å². The van der Waals surface area contributed by atoms with Crippen molar-refractivity contribution in [3.05, 3.63) is 95.8 Å². The zero-order valence-electron chi connectivity index (χ0n) is 18.6. The largest absolute Gasteiger partial charge is 0.497 e. The summed E-state index contributed by atoms with van der Waals surface area (Å²) in [6.45, 7) is 2.89. The van der Waals surface area contributed by atoms with Crippen LogP contribution in [0.25, 0.3) is 0 Å². The fourth-order valence-electron chi connectivity index (χ4n) is 4.50. The number of benzene rings is 2. The molecule has 166 valence electrons. The van der Waals surface area contributed by atoms with E-state index in [4.69, 9.17) is 4.74 Å². The third-order valence-corrected chi connectivity index (χ3v) is 6.11. The molecule has 0 bridgehead atoms. The molecule has 0 radical (unpaired) electrons. The number of likely N-dealkylation sites (tertiary alicyclic amines) is 1. The number of carbonyl (C=O) groups excluding carboxylic acids is 1. The molecule has 1 aliphatic rings. The lowest BCUT2D eigenvalue weighted by Crippen LogP contribution is -2.43. The van der Waals surface area contributed by atoms with Gasteiger partial charge in [-0.1, -0.05) is 48.5 Å². The Kier molecular flexibility index (Phi) is 7.51. The highest BCUT2D eigenvalue weighted by molar-refractivity contribution is 5.79. The van der Waals surface area contributed by atoms with E-state index in [0.29, 0.717) is 12.3 Å². The number of hydrogen-bond acceptors (Lipinski definition) is 4. The van der Waals surface area contributed by atoms with E-state index in [2.05, 4.69) is 27.3 Å². The Morgan fingerprint density at radius 2 is 1.84 bits per heavy atom. The highest BCUT2D eigenvalue weighted by Gasteiger charge is 2.30. The Hall–Kier alpha value is -3.18. The molecule has 1 N–H and O–H groups in total. The highest BCUT2D eigenvalue weighted by Crippen LogP contribution is 2.30. The molecule has 5 heteroatoms. The van der Waals surface area contributed by atoms with Gasteiger partial charge in [-0.05, 0) is 60.7 Å². The summed E-state index contributed by atoms with van der Waals surface area (Å²) in [6, 6.07) is 24.0. The van der Waals surface area contributed by atoms with Gasteiger partial charge in [0.05, 0.1) is 25.3 Å². The van der Waals surface area contributed by atoms with Gasteiger partial charge in [-0.15, -0.1) is 0 Å². The van der Waals surface area contributed by atoms with Crippen LogP contribution in [0, 0.1) is 5.92 Å². The number of nitrogens with one attached hydrogen (secondary N) is 1. The molecule has 1 aliphatic heterocycles. The first-order chi connectivity index (χ1) is 15.7. The quantitative estimate of drug-likeness (QED) is 0.577. The molecule has 1 amide bonds. The highest BCUT2D eigenvalue weighted by atomic mass is 16.5. The Morgan fingerprint density at radius 1 is 1.06 bits per heavy atom. The second-order valence-corrected chi connectivity index (χ2v) is 8.45. The van der Waals surface area contributed by atoms with E-state index in [-0.39, 0.29) is 11.9 Å². The Morgan fingerprint density at radius 3 is 2.56 bits per heavy atom. The van der Waals surface area contributed by atoms with Crippen molar-refractivity contribution in [3.8, 4) is 5.75 Å². The maximum absolute atomic E-state index is 12.9. The summed E-state index contributed by atoms with van der Waals surface area (Å²) in [4.78, 5) is 20.0. The first-order valence-electron chi connectivity index (χ1n) is 11.3. The van der Waals surface area contributed by atoms with E-state index in [9.17, 15) is 4.79 Å². The first kappa shape index (κ1) is 22.0. The SMILES string of the molecule is COc1ccc(CN2CCC[C@@H]([C@H](NC(=O)Cc3ccccc3)c3ccccn3)C2)cc1. The minimum absolute atomic E-state index is 0.0409. The molecule has 0 aliphatic carbocycles. The molecule has 0 spiro atoms. The molecular weight excluding hydrogens is 398 g/mol. The maximum Gasteiger partial charge on any atom is 0.224 e. The summed E-state index contributed by atoms with van der Waals surface area (Å²) >= 11 is 0. The molecule has 1 fully saturated rings. The third-order valence-electron chi connectivity index (χ3n) is 6.11. The minimum Gasteiger partial charge on any atom is -0.497 e. The van der Waals surface area contributed by atoms with Crippen LogP contribution in [0.1, 0.15) is 35.7 Å². The molecule has 5 nitrogen and oxygen atoms in total. The summed E-state index contributed by atoms with van der Waals surface area (Å²) < 4.78 is 5.28. The van der Waals surface area contributed by atoms with Crippen LogP contribution in [-0.4, -0.2) is 36.0 Å². The lowest BCUT2D eigenvalue weighted by Gasteiger charge is -2.37. The van der Waals surface area contributed by atoms with Crippen LogP contribution < -0.4 is 10.1 Å². The summed E-state index contributed by atoms with van der Waals surface area (Å²) in [6.07, 6.45) is 4.38. The van der Waals surface area contributed by atoms with Gasteiger partial charge >= 0.3 is 0 Å². The number of nitrogens with zero attached hydrogens (tertiary/aromatic N) is 2. The van der Waals surface area contributed by atoms with Gasteiger partial charge in [0.15, 0.2) is 0 Å². The standard InChI is InChI=1S/C27H31N3O2/c1-32-24-14-12-22(13-15-24)19-30-17-7-10-23(20-30)27(25-11-5-6-16-28-25)29-26(31)18-21-8-3-2-4-9-21/h2-6,8-9,11-16,23,27H,7,10,17-20H2,1H3,(H,29,31)/t23-,27+/m1/s1. The van der Waals surface area contributed by atoms with Crippen molar-refractivity contribution in [2.45, 2.75) is 31.8 Å². The molecule has 0 saturated carbocycles. The Labute approximate surface area is 190 Å². The first-order valence-corrected chi connectivity index (χ1v) is 11.3. The van der Waals surface area contributed by atoms with Crippen molar-refractivity contribution in [1.29, 1.82) is 0 Å². The minimum atomic E-state index is -0.0916. The Balaban J connectivity index is 1.45. The van der Waals surface area contributed by atoms with Crippen LogP contribution in [-0.2, 0) is 17.8 Å². The molecule has 1 saturated heterocycles. The topological polar surface area (TPSA) is 54.5 Å². The zero-order chi connectivity index (χ0) is 22.2. The van der Waals surface area contributed by atoms with E-state index in [1.165, 1.54) is 5.56 Å². The number of carbonyl (C=O) groups is 1. The van der Waals surface area contributed by atoms with Gasteiger partial charge in [0, 0.05) is 19.3 Å². The van der Waals surface area contributed by atoms with Crippen LogP contribution in [0.3, 0.4) is 0 Å². The fourth-order valence-corrected chi connectivity index (χ4v) is 4.50. The van der Waals surface area contributed by atoms with Gasteiger partial charge < -0.3 is 10.1 Å². The molecule has 2 atom stereocenters. The van der Waals surface area contributed by atoms with Gasteiger partial charge in [-0.25, -0.2) is 0 Å². The average Bonchev–Trinajstić information content (AvgIpc) is 2.84. The molecule has 4 rings (SSSR count). The van der Waals surface area contributed by atoms with E-state index in [1.807, 2.05) is 66.9 Å². The molecule has 1 aromatic heterocycles. The second kappa shape index (κ2) is 10.9. The average molecular weight is 430 g/mol. The molecule has 0 unspecified atom stereocenters. The van der Waals surface area contributed by atoms with Crippen molar-refractivity contribution in [2.24, 2.45) is 5.92 Å². The monoisotopic (exact) mass is 429 g/mol. The number of ether oxygens (including phenoxy) is 1. The number of methoxy groups -OCH3 is 1. The van der Waals surface area contributed by atoms with Crippen molar-refractivity contribution in [2.75, 3.05) is 20.2 Å². The van der Waals surface area contributed by atoms with E-state index in [0.717, 1.165) is 49.5 Å². The van der Waals surface area contributed by atoms with Crippen molar-refractivity contribution < 1.29 is 9.53 Å². The smallest absolute Gasteiger partial charge is 0.224 e. The number of hydrogen-bond donors (Lipinski definition) is 1. The van der Waals surface area contributed by atoms with E-state index in [1.54, 1.807) is 7.11 Å². The number of piperidine rings is 1. The number of pyridine rings is 1. The fraction of sp³-hybridized carbons (Fsp3) is 0.333. The predicted octanol–water partition coefficient (Wildman–Crippen LogP) is 4.40. The lowest BCUT2D eigenvalue weighted by molar-refractivity contribution is -0.121. The van der Waals surface area contributed by atoms with Gasteiger partial charge in [0.2, 0.25) is 5.91 Å². The number of amides is 1. The molecule has 2 heterocycles. The summed E-state index contributed by atoms with van der Waals surface area (Å²) in [5.74, 6) is 1.23. The third kappa shape index (κ3) is 5.95. The maximum atomic E-state index is 12.9. The van der Waals surface area contributed by atoms with Crippen LogP contribution in [0.5, 0.6) is 5.75 Å². The summed E-state index contributed by atoms with van der Waals surface area (Å²) in [5.41, 5.74) is 3.23. The predicted molar refractivity (Wildman–Crippen MR) is 126 cm³/mol. The number of rotatable bonds is 8. The number of aromatic nitrogens is 1. The summed E-state index contributed by atoms with van der Waals surface area (Å²) in [5, 5.41) is 3.31. The van der Waals surface area contributed by atoms with Crippen LogP contribution in [0.15, 0.2) is 79.0 Å². The van der Waals surface area contributed by atoms with Crippen molar-refractivity contribution in [1.82, 2.24) is 15.2 Å². The van der Waals surface area contributed by atoms with Crippen molar-refractivity contribution in [3.63, 3.8) is 0 Å². The molecule has 3 aromatic rings. The van der Waals surface area contributed by atoms with Crippen LogP contribution >= 0.6 is 0 Å².